The molecule has 1 aliphatic carbocycles. The second kappa shape index (κ2) is 13.6. The van der Waals surface area contributed by atoms with Crippen molar-refractivity contribution >= 4 is 23.8 Å². The molecular formula is C33H48FN5O6. The summed E-state index contributed by atoms with van der Waals surface area (Å²) in [6.07, 6.45) is 0.857. The van der Waals surface area contributed by atoms with Gasteiger partial charge in [0.2, 0.25) is 17.7 Å². The highest BCUT2D eigenvalue weighted by atomic mass is 19.1. The third-order valence-corrected chi connectivity index (χ3v) is 9.99. The number of amides is 4. The number of nitrogens with zero attached hydrogens (tertiary/aromatic N) is 3. The van der Waals surface area contributed by atoms with Crippen molar-refractivity contribution in [2.75, 3.05) is 39.4 Å². The highest BCUT2D eigenvalue weighted by Gasteiger charge is 2.46. The number of carbonyl (C=O) groups excluding carboxylic acids is 3. The molecule has 1 aromatic carbocycles. The zero-order chi connectivity index (χ0) is 32.5. The molecule has 3 saturated heterocycles. The zero-order valence-corrected chi connectivity index (χ0v) is 26.8. The van der Waals surface area contributed by atoms with Gasteiger partial charge in [-0.3, -0.25) is 19.3 Å². The van der Waals surface area contributed by atoms with Gasteiger partial charge < -0.3 is 30.3 Å². The fourth-order valence-electron chi connectivity index (χ4n) is 7.35. The lowest BCUT2D eigenvalue weighted by molar-refractivity contribution is -0.150. The summed E-state index contributed by atoms with van der Waals surface area (Å²) in [7, 11) is 0. The molecule has 3 N–H and O–H groups in total. The largest absolute Gasteiger partial charge is 0.465 e. The molecular weight excluding hydrogens is 581 g/mol. The number of nitrogens with one attached hydrogen (secondary N) is 2. The summed E-state index contributed by atoms with van der Waals surface area (Å²) in [5, 5.41) is 15.7. The molecule has 4 amide bonds. The monoisotopic (exact) mass is 629 g/mol. The van der Waals surface area contributed by atoms with Crippen LogP contribution in [0, 0.1) is 11.8 Å². The third-order valence-electron chi connectivity index (χ3n) is 9.99. The Morgan fingerprint density at radius 2 is 1.82 bits per heavy atom. The second-order valence-corrected chi connectivity index (χ2v) is 14.1. The molecule has 0 bridgehead atoms. The van der Waals surface area contributed by atoms with Gasteiger partial charge in [0.25, 0.3) is 0 Å². The van der Waals surface area contributed by atoms with E-state index in [1.165, 1.54) is 4.90 Å². The van der Waals surface area contributed by atoms with Gasteiger partial charge in [-0.05, 0) is 70.0 Å². The van der Waals surface area contributed by atoms with E-state index in [1.54, 1.807) is 32.6 Å². The minimum atomic E-state index is -1.26. The van der Waals surface area contributed by atoms with Gasteiger partial charge in [-0.25, -0.2) is 9.18 Å². The number of hydrogen-bond acceptors (Lipinski definition) is 6. The van der Waals surface area contributed by atoms with E-state index in [0.717, 1.165) is 30.5 Å². The Labute approximate surface area is 264 Å². The van der Waals surface area contributed by atoms with Crippen LogP contribution >= 0.6 is 0 Å². The van der Waals surface area contributed by atoms with Gasteiger partial charge in [0.05, 0.1) is 12.0 Å². The molecule has 0 unspecified atom stereocenters. The number of piperazine rings is 1. The number of carbonyl (C=O) groups is 4. The van der Waals surface area contributed by atoms with Crippen LogP contribution in [0.1, 0.15) is 70.5 Å². The van der Waals surface area contributed by atoms with Crippen molar-refractivity contribution in [2.24, 2.45) is 11.8 Å². The Kier molecular flexibility index (Phi) is 10.0. The average molecular weight is 630 g/mol. The molecule has 12 heteroatoms. The molecule has 6 atom stereocenters. The fraction of sp³-hybridized carbons (Fsp3) is 0.697. The normalized spacial score (nSPS) is 26.8. The average Bonchev–Trinajstić information content (AvgIpc) is 3.60. The minimum absolute atomic E-state index is 0.0294. The van der Waals surface area contributed by atoms with Gasteiger partial charge in [0.15, 0.2) is 0 Å². The molecule has 3 fully saturated rings. The number of ether oxygens (including phenoxy) is 1. The first-order valence-corrected chi connectivity index (χ1v) is 16.3. The van der Waals surface area contributed by atoms with E-state index >= 15 is 4.39 Å². The van der Waals surface area contributed by atoms with Gasteiger partial charge in [-0.15, -0.1) is 0 Å². The van der Waals surface area contributed by atoms with Crippen LogP contribution in [0.15, 0.2) is 24.3 Å². The topological polar surface area (TPSA) is 132 Å². The minimum Gasteiger partial charge on any atom is -0.465 e. The number of rotatable bonds is 8. The summed E-state index contributed by atoms with van der Waals surface area (Å²) < 4.78 is 20.7. The molecule has 0 spiro atoms. The van der Waals surface area contributed by atoms with E-state index in [4.69, 9.17) is 4.74 Å². The number of fused-ring (bicyclic) bond motifs is 2. The highest BCUT2D eigenvalue weighted by Crippen LogP contribution is 2.34. The SMILES string of the molecule is C[C@@H](CN(C(=O)O)C(C)(C)C)C(=O)N[C@H](C(=O)N1C[C@H]2CCCN2C[C@H]1C(=O)N[C@H]1c2ccccc2C[C@@H]1F)C1CCOCC1. The first kappa shape index (κ1) is 33.1. The molecule has 3 aliphatic heterocycles. The van der Waals surface area contributed by atoms with Crippen molar-refractivity contribution in [1.29, 1.82) is 0 Å². The summed E-state index contributed by atoms with van der Waals surface area (Å²) in [6, 6.07) is 4.99. The number of alkyl halides is 1. The summed E-state index contributed by atoms with van der Waals surface area (Å²) in [5.74, 6) is -2.07. The predicted octanol–water partition coefficient (Wildman–Crippen LogP) is 2.74. The van der Waals surface area contributed by atoms with Crippen LogP contribution in [-0.2, 0) is 25.5 Å². The van der Waals surface area contributed by atoms with Gasteiger partial charge in [0.1, 0.15) is 18.3 Å². The van der Waals surface area contributed by atoms with Gasteiger partial charge in [0, 0.05) is 50.8 Å². The van der Waals surface area contributed by atoms with E-state index in [0.29, 0.717) is 39.1 Å². The number of hydrogen-bond donors (Lipinski definition) is 3. The van der Waals surface area contributed by atoms with E-state index < -0.39 is 53.7 Å². The van der Waals surface area contributed by atoms with Gasteiger partial charge >= 0.3 is 6.09 Å². The standard InChI is InChI=1S/C33H48FN5O6/c1-20(17-39(32(43)44)33(2,3)4)29(40)35-27(21-11-14-45-15-12-21)31(42)38-18-23-9-7-13-37(23)19-26(38)30(41)36-28-24-10-6-5-8-22(24)16-25(28)34/h5-6,8,10,20-21,23,25-28H,7,9,11-19H2,1-4H3,(H,35,40)(H,36,41)(H,43,44)/t20-,23+,25-,26-,27-,28-/m0/s1. The first-order chi connectivity index (χ1) is 21.3. The molecule has 248 valence electrons. The van der Waals surface area contributed by atoms with Crippen molar-refractivity contribution in [1.82, 2.24) is 25.3 Å². The van der Waals surface area contributed by atoms with Crippen LogP contribution in [0.2, 0.25) is 0 Å². The van der Waals surface area contributed by atoms with Crippen molar-refractivity contribution in [3.8, 4) is 0 Å². The van der Waals surface area contributed by atoms with Crippen molar-refractivity contribution in [2.45, 2.75) is 95.7 Å². The molecule has 0 aromatic heterocycles. The maximum absolute atomic E-state index is 15.2. The predicted molar refractivity (Wildman–Crippen MR) is 165 cm³/mol. The number of carboxylic acid groups (broad SMARTS) is 1. The summed E-state index contributed by atoms with van der Waals surface area (Å²) in [4.78, 5) is 59.1. The molecule has 5 rings (SSSR count). The van der Waals surface area contributed by atoms with Crippen LogP contribution in [0.25, 0.3) is 0 Å². The molecule has 1 aromatic rings. The molecule has 11 nitrogen and oxygen atoms in total. The van der Waals surface area contributed by atoms with Crippen LogP contribution in [0.3, 0.4) is 0 Å². The number of benzene rings is 1. The maximum Gasteiger partial charge on any atom is 0.407 e. The van der Waals surface area contributed by atoms with Crippen LogP contribution in [0.4, 0.5) is 9.18 Å². The van der Waals surface area contributed by atoms with Gasteiger partial charge in [-0.1, -0.05) is 31.2 Å². The molecule has 3 heterocycles. The first-order valence-electron chi connectivity index (χ1n) is 16.3. The van der Waals surface area contributed by atoms with E-state index in [1.807, 2.05) is 24.3 Å². The van der Waals surface area contributed by atoms with Crippen LogP contribution < -0.4 is 10.6 Å². The van der Waals surface area contributed by atoms with E-state index in [2.05, 4.69) is 15.5 Å². The summed E-state index contributed by atoms with van der Waals surface area (Å²) in [6.45, 7) is 9.36. The maximum atomic E-state index is 15.2. The fourth-order valence-corrected chi connectivity index (χ4v) is 7.35. The lowest BCUT2D eigenvalue weighted by Gasteiger charge is -2.45. The van der Waals surface area contributed by atoms with Crippen LogP contribution in [-0.4, -0.2) is 113 Å². The Morgan fingerprint density at radius 1 is 1.11 bits per heavy atom. The second-order valence-electron chi connectivity index (χ2n) is 14.1. The summed E-state index contributed by atoms with van der Waals surface area (Å²) in [5.41, 5.74) is 0.921. The van der Waals surface area contributed by atoms with Crippen molar-refractivity contribution < 1.29 is 33.4 Å². The summed E-state index contributed by atoms with van der Waals surface area (Å²) >= 11 is 0. The van der Waals surface area contributed by atoms with Gasteiger partial charge in [-0.2, -0.15) is 0 Å². The molecule has 0 radical (unpaired) electrons. The van der Waals surface area contributed by atoms with Crippen molar-refractivity contribution in [3.05, 3.63) is 35.4 Å². The lowest BCUT2D eigenvalue weighted by Crippen LogP contribution is -2.66. The number of halogens is 1. The lowest BCUT2D eigenvalue weighted by atomic mass is 9.89. The Morgan fingerprint density at radius 3 is 2.51 bits per heavy atom. The molecule has 0 saturated carbocycles. The van der Waals surface area contributed by atoms with E-state index in [-0.39, 0.29) is 30.8 Å². The smallest absolute Gasteiger partial charge is 0.407 e. The molecule has 4 aliphatic rings. The van der Waals surface area contributed by atoms with Crippen LogP contribution in [0.5, 0.6) is 0 Å². The quantitative estimate of drug-likeness (QED) is 0.403. The van der Waals surface area contributed by atoms with E-state index in [9.17, 15) is 24.3 Å². The zero-order valence-electron chi connectivity index (χ0n) is 26.8. The Balaban J connectivity index is 1.37. The Bertz CT molecular complexity index is 1270. The highest BCUT2D eigenvalue weighted by molar-refractivity contribution is 5.93. The molecule has 45 heavy (non-hydrogen) atoms. The van der Waals surface area contributed by atoms with Crippen molar-refractivity contribution in [3.63, 3.8) is 0 Å². The third kappa shape index (κ3) is 7.27. The Hall–Kier alpha value is -3.25.